The van der Waals surface area contributed by atoms with Crippen LogP contribution in [0.3, 0.4) is 0 Å². The van der Waals surface area contributed by atoms with Gasteiger partial charge in [0.1, 0.15) is 0 Å². The third-order valence-electron chi connectivity index (χ3n) is 3.05. The first-order valence-electron chi connectivity index (χ1n) is 6.41. The third-order valence-corrected chi connectivity index (χ3v) is 3.05. The van der Waals surface area contributed by atoms with E-state index in [2.05, 4.69) is 30.6 Å². The van der Waals surface area contributed by atoms with Crippen LogP contribution >= 0.6 is 0 Å². The van der Waals surface area contributed by atoms with Gasteiger partial charge in [-0.3, -0.25) is 4.68 Å². The molecule has 0 fully saturated rings. The molecular weight excluding hydrogens is 198 g/mol. The molecule has 0 aliphatic heterocycles. The lowest BCUT2D eigenvalue weighted by molar-refractivity contribution is 0.485. The summed E-state index contributed by atoms with van der Waals surface area (Å²) in [7, 11) is 4.03. The summed E-state index contributed by atoms with van der Waals surface area (Å²) < 4.78 is 1.87. The van der Waals surface area contributed by atoms with Crippen molar-refractivity contribution in [2.24, 2.45) is 7.05 Å². The highest BCUT2D eigenvalue weighted by Crippen LogP contribution is 2.10. The fourth-order valence-electron chi connectivity index (χ4n) is 2.03. The largest absolute Gasteiger partial charge is 0.317 e. The molecule has 0 bridgehead atoms. The first-order valence-corrected chi connectivity index (χ1v) is 6.41. The number of nitrogens with zero attached hydrogens (tertiary/aromatic N) is 2. The van der Waals surface area contributed by atoms with Crippen LogP contribution < -0.4 is 5.32 Å². The summed E-state index contributed by atoms with van der Waals surface area (Å²) in [5.41, 5.74) is 1.33. The second-order valence-corrected chi connectivity index (χ2v) is 4.56. The maximum Gasteiger partial charge on any atom is 0.0522 e. The molecule has 0 amide bonds. The topological polar surface area (TPSA) is 29.9 Å². The van der Waals surface area contributed by atoms with Crippen LogP contribution in [-0.4, -0.2) is 22.9 Å². The lowest BCUT2D eigenvalue weighted by Gasteiger charge is -2.14. The Morgan fingerprint density at radius 3 is 2.75 bits per heavy atom. The fraction of sp³-hybridized carbons (Fsp3) is 0.769. The minimum absolute atomic E-state index is 0.598. The summed E-state index contributed by atoms with van der Waals surface area (Å²) in [5.74, 6) is 0. The predicted octanol–water partition coefficient (Wildman–Crippen LogP) is 2.52. The van der Waals surface area contributed by atoms with E-state index in [9.17, 15) is 0 Å². The van der Waals surface area contributed by atoms with E-state index in [-0.39, 0.29) is 0 Å². The zero-order valence-corrected chi connectivity index (χ0v) is 10.9. The monoisotopic (exact) mass is 223 g/mol. The number of hydrogen-bond acceptors (Lipinski definition) is 2. The van der Waals surface area contributed by atoms with Crippen LogP contribution in [0, 0.1) is 0 Å². The lowest BCUT2D eigenvalue weighted by Crippen LogP contribution is -2.27. The second-order valence-electron chi connectivity index (χ2n) is 4.56. The molecule has 1 aromatic heterocycles. The molecule has 3 heteroatoms. The zero-order valence-electron chi connectivity index (χ0n) is 10.9. The highest BCUT2D eigenvalue weighted by atomic mass is 15.2. The number of aryl methyl sites for hydroxylation is 1. The Bertz CT molecular complexity index is 280. The Balaban J connectivity index is 2.26. The van der Waals surface area contributed by atoms with Crippen molar-refractivity contribution < 1.29 is 0 Å². The van der Waals surface area contributed by atoms with E-state index in [1.54, 1.807) is 0 Å². The molecule has 92 valence electrons. The molecule has 3 nitrogen and oxygen atoms in total. The first-order chi connectivity index (χ1) is 7.76. The van der Waals surface area contributed by atoms with Gasteiger partial charge in [-0.15, -0.1) is 0 Å². The molecule has 0 saturated heterocycles. The average molecular weight is 223 g/mol. The highest BCUT2D eigenvalue weighted by molar-refractivity contribution is 5.05. The average Bonchev–Trinajstić information content (AvgIpc) is 2.68. The van der Waals surface area contributed by atoms with Gasteiger partial charge in [0.05, 0.1) is 6.20 Å². The Hall–Kier alpha value is -0.830. The predicted molar refractivity (Wildman–Crippen MR) is 68.5 cm³/mol. The van der Waals surface area contributed by atoms with Gasteiger partial charge in [0.2, 0.25) is 0 Å². The molecule has 1 atom stereocenters. The third kappa shape index (κ3) is 4.79. The molecule has 1 unspecified atom stereocenters. The Morgan fingerprint density at radius 1 is 1.38 bits per heavy atom. The first kappa shape index (κ1) is 13.2. The van der Waals surface area contributed by atoms with Gasteiger partial charge in [-0.2, -0.15) is 5.10 Å². The number of likely N-dealkylation sites (N-methyl/N-ethyl adjacent to an activating group) is 1. The summed E-state index contributed by atoms with van der Waals surface area (Å²) in [6, 6.07) is 0.598. The van der Waals surface area contributed by atoms with Gasteiger partial charge in [0.25, 0.3) is 0 Å². The van der Waals surface area contributed by atoms with Crippen molar-refractivity contribution in [1.82, 2.24) is 15.1 Å². The van der Waals surface area contributed by atoms with E-state index in [1.807, 2.05) is 17.9 Å². The molecule has 1 rings (SSSR count). The SMILES string of the molecule is CCCCCCC(Cc1cnn(C)c1)NC. The van der Waals surface area contributed by atoms with Crippen molar-refractivity contribution in [3.8, 4) is 0 Å². The summed E-state index contributed by atoms with van der Waals surface area (Å²) in [6.45, 7) is 2.26. The Kier molecular flexibility index (Phi) is 6.16. The van der Waals surface area contributed by atoms with E-state index in [0.29, 0.717) is 6.04 Å². The van der Waals surface area contributed by atoms with Gasteiger partial charge in [-0.25, -0.2) is 0 Å². The van der Waals surface area contributed by atoms with E-state index in [4.69, 9.17) is 0 Å². The van der Waals surface area contributed by atoms with Crippen molar-refractivity contribution in [2.75, 3.05) is 7.05 Å². The normalized spacial score (nSPS) is 12.9. The number of rotatable bonds is 8. The standard InChI is InChI=1S/C13H25N3/c1-4-5-6-7-8-13(14-2)9-12-10-15-16(3)11-12/h10-11,13-14H,4-9H2,1-3H3. The van der Waals surface area contributed by atoms with Crippen LogP contribution in [0.4, 0.5) is 0 Å². The molecule has 1 heterocycles. The molecule has 0 saturated carbocycles. The highest BCUT2D eigenvalue weighted by Gasteiger charge is 2.07. The Labute approximate surface area is 99.2 Å². The van der Waals surface area contributed by atoms with E-state index >= 15 is 0 Å². The number of nitrogens with one attached hydrogen (secondary N) is 1. The molecule has 0 aliphatic rings. The van der Waals surface area contributed by atoms with Gasteiger partial charge < -0.3 is 5.32 Å². The lowest BCUT2D eigenvalue weighted by atomic mass is 10.0. The maximum atomic E-state index is 4.20. The van der Waals surface area contributed by atoms with E-state index < -0.39 is 0 Å². The molecule has 1 aromatic rings. The van der Waals surface area contributed by atoms with Gasteiger partial charge in [-0.1, -0.05) is 32.6 Å². The molecule has 16 heavy (non-hydrogen) atoms. The van der Waals surface area contributed by atoms with Crippen LogP contribution in [0.5, 0.6) is 0 Å². The molecular formula is C13H25N3. The van der Waals surface area contributed by atoms with Crippen molar-refractivity contribution in [1.29, 1.82) is 0 Å². The molecule has 0 aromatic carbocycles. The molecule has 0 radical (unpaired) electrons. The summed E-state index contributed by atoms with van der Waals surface area (Å²) in [5, 5.41) is 7.60. The molecule has 0 aliphatic carbocycles. The van der Waals surface area contributed by atoms with Crippen LogP contribution in [0.2, 0.25) is 0 Å². The summed E-state index contributed by atoms with van der Waals surface area (Å²) >= 11 is 0. The number of unbranched alkanes of at least 4 members (excludes halogenated alkanes) is 3. The van der Waals surface area contributed by atoms with Gasteiger partial charge in [0, 0.05) is 19.3 Å². The van der Waals surface area contributed by atoms with Gasteiger partial charge >= 0.3 is 0 Å². The maximum absolute atomic E-state index is 4.20. The minimum Gasteiger partial charge on any atom is -0.317 e. The van der Waals surface area contributed by atoms with Gasteiger partial charge in [-0.05, 0) is 25.5 Å². The van der Waals surface area contributed by atoms with Crippen LogP contribution in [-0.2, 0) is 13.5 Å². The quantitative estimate of drug-likeness (QED) is 0.686. The zero-order chi connectivity index (χ0) is 11.8. The minimum atomic E-state index is 0.598. The van der Waals surface area contributed by atoms with Crippen molar-refractivity contribution in [2.45, 2.75) is 51.5 Å². The number of aromatic nitrogens is 2. The molecule has 0 spiro atoms. The van der Waals surface area contributed by atoms with Crippen LogP contribution in [0.25, 0.3) is 0 Å². The second kappa shape index (κ2) is 7.44. The fourth-order valence-corrected chi connectivity index (χ4v) is 2.03. The number of hydrogen-bond donors (Lipinski definition) is 1. The Morgan fingerprint density at radius 2 is 2.19 bits per heavy atom. The summed E-state index contributed by atoms with van der Waals surface area (Å²) in [6.07, 6.45) is 11.8. The summed E-state index contributed by atoms with van der Waals surface area (Å²) in [4.78, 5) is 0. The van der Waals surface area contributed by atoms with Crippen molar-refractivity contribution in [3.05, 3.63) is 18.0 Å². The van der Waals surface area contributed by atoms with Gasteiger partial charge in [0.15, 0.2) is 0 Å². The van der Waals surface area contributed by atoms with E-state index in [1.165, 1.54) is 37.7 Å². The smallest absolute Gasteiger partial charge is 0.0522 e. The van der Waals surface area contributed by atoms with Crippen LogP contribution in [0.15, 0.2) is 12.4 Å². The molecule has 1 N–H and O–H groups in total. The van der Waals surface area contributed by atoms with Crippen molar-refractivity contribution in [3.63, 3.8) is 0 Å². The van der Waals surface area contributed by atoms with Crippen LogP contribution in [0.1, 0.15) is 44.6 Å². The van der Waals surface area contributed by atoms with E-state index in [0.717, 1.165) is 6.42 Å². The van der Waals surface area contributed by atoms with Crippen molar-refractivity contribution >= 4 is 0 Å².